The number of benzene rings is 2. The van der Waals surface area contributed by atoms with Gasteiger partial charge in [0.25, 0.3) is 0 Å². The first kappa shape index (κ1) is 33.7. The van der Waals surface area contributed by atoms with E-state index in [-0.39, 0.29) is 54.6 Å². The zero-order chi connectivity index (χ0) is 33.8. The number of nitrogens with zero attached hydrogens (tertiary/aromatic N) is 5. The fraction of sp³-hybridized carbons (Fsp3) is 0.543. The molecule has 3 aromatic rings. The minimum absolute atomic E-state index is 0.0250. The summed E-state index contributed by atoms with van der Waals surface area (Å²) in [4.78, 5) is 45.7. The van der Waals surface area contributed by atoms with Crippen LogP contribution in [0.25, 0.3) is 32.9 Å². The molecule has 1 aliphatic carbocycles. The van der Waals surface area contributed by atoms with Crippen molar-refractivity contribution in [2.24, 2.45) is 22.9 Å². The summed E-state index contributed by atoms with van der Waals surface area (Å²) in [5.74, 6) is 2.09. The smallest absolute Gasteiger partial charge is 0.326 e. The molecule has 13 heteroatoms. The van der Waals surface area contributed by atoms with Crippen molar-refractivity contribution in [3.05, 3.63) is 52.9 Å². The van der Waals surface area contributed by atoms with E-state index in [4.69, 9.17) is 14.5 Å². The first-order valence-electron chi connectivity index (χ1n) is 16.9. The summed E-state index contributed by atoms with van der Waals surface area (Å²) in [5, 5.41) is 10.1. The Balaban J connectivity index is 1.13. The van der Waals surface area contributed by atoms with Crippen molar-refractivity contribution in [1.82, 2.24) is 20.2 Å². The summed E-state index contributed by atoms with van der Waals surface area (Å²) in [7, 11) is 0. The van der Waals surface area contributed by atoms with Crippen molar-refractivity contribution in [3.8, 4) is 17.1 Å². The van der Waals surface area contributed by atoms with Crippen LogP contribution in [-0.2, 0) is 20.9 Å². The van der Waals surface area contributed by atoms with E-state index in [0.29, 0.717) is 46.3 Å². The third-order valence-electron chi connectivity index (χ3n) is 9.84. The van der Waals surface area contributed by atoms with Crippen molar-refractivity contribution in [3.63, 3.8) is 0 Å². The Hall–Kier alpha value is -4.22. The zero-order valence-corrected chi connectivity index (χ0v) is 28.4. The number of para-hydroxylation sites is 2. The van der Waals surface area contributed by atoms with Crippen molar-refractivity contribution in [2.75, 3.05) is 5.75 Å². The van der Waals surface area contributed by atoms with E-state index in [9.17, 15) is 19.9 Å². The van der Waals surface area contributed by atoms with Gasteiger partial charge in [-0.3, -0.25) is 9.59 Å². The van der Waals surface area contributed by atoms with Crippen molar-refractivity contribution >= 4 is 46.5 Å². The standard InChI is InChI=1S/C35H43N7O5S/c1-20(2)23-14-12-21(3)16-29(23)47-32(44)18-42-27-9-5-4-8-24(27)37-34(42)22-13-15-28(25(17-22)40-41-36)46-31(43)11-7-6-10-30-33-26(19-48-30)38-35(45)39-33/h4-5,8-9,13,15,17,20-21,23,26,29-30,33H,6-7,10-12,14,16,18-19H2,1-3H3,(H2,38,39,45)/t21-,23+,26+,29-,30+,33+/m1/s1. The van der Waals surface area contributed by atoms with Gasteiger partial charge in [0.15, 0.2) is 0 Å². The second-order valence-electron chi connectivity index (χ2n) is 13.6. The Labute approximate surface area is 284 Å². The molecule has 1 aromatic heterocycles. The highest BCUT2D eigenvalue weighted by molar-refractivity contribution is 8.00. The first-order valence-corrected chi connectivity index (χ1v) is 18.0. The van der Waals surface area contributed by atoms with Crippen LogP contribution in [0.4, 0.5) is 10.5 Å². The number of esters is 2. The minimum atomic E-state index is -0.420. The molecule has 0 bridgehead atoms. The number of azide groups is 1. The van der Waals surface area contributed by atoms with Crippen molar-refractivity contribution in [2.45, 2.75) is 95.7 Å². The number of aromatic nitrogens is 2. The molecule has 0 unspecified atom stereocenters. The van der Waals surface area contributed by atoms with Gasteiger partial charge in [0.1, 0.15) is 24.2 Å². The van der Waals surface area contributed by atoms with Crippen LogP contribution in [0.3, 0.4) is 0 Å². The van der Waals surface area contributed by atoms with Gasteiger partial charge in [0.05, 0.1) is 28.8 Å². The molecule has 2 aromatic carbocycles. The summed E-state index contributed by atoms with van der Waals surface area (Å²) < 4.78 is 13.6. The zero-order valence-electron chi connectivity index (χ0n) is 27.6. The van der Waals surface area contributed by atoms with Crippen LogP contribution in [0.1, 0.15) is 65.7 Å². The molecule has 254 valence electrons. The molecular weight excluding hydrogens is 630 g/mol. The molecule has 1 saturated carbocycles. The predicted octanol–water partition coefficient (Wildman–Crippen LogP) is 7.28. The van der Waals surface area contributed by atoms with Crippen LogP contribution in [0, 0.1) is 17.8 Å². The van der Waals surface area contributed by atoms with Crippen LogP contribution in [0.15, 0.2) is 47.6 Å². The van der Waals surface area contributed by atoms with Crippen LogP contribution < -0.4 is 15.4 Å². The van der Waals surface area contributed by atoms with Gasteiger partial charge in [0.2, 0.25) is 0 Å². The van der Waals surface area contributed by atoms with Crippen LogP contribution in [0.5, 0.6) is 5.75 Å². The average molecular weight is 674 g/mol. The molecule has 12 nitrogen and oxygen atoms in total. The maximum Gasteiger partial charge on any atom is 0.326 e. The number of thioether (sulfide) groups is 1. The van der Waals surface area contributed by atoms with E-state index in [1.54, 1.807) is 18.2 Å². The molecule has 2 aliphatic heterocycles. The average Bonchev–Trinajstić information content (AvgIpc) is 3.72. The van der Waals surface area contributed by atoms with Crippen LogP contribution in [-0.4, -0.2) is 56.7 Å². The molecule has 2 saturated heterocycles. The van der Waals surface area contributed by atoms with Gasteiger partial charge in [0, 0.05) is 27.9 Å². The summed E-state index contributed by atoms with van der Waals surface area (Å²) in [6.45, 7) is 6.56. The van der Waals surface area contributed by atoms with E-state index in [2.05, 4.69) is 41.4 Å². The molecule has 6 atom stereocenters. The summed E-state index contributed by atoms with van der Waals surface area (Å²) in [6, 6.07) is 12.8. The quantitative estimate of drug-likeness (QED) is 0.0388. The molecule has 0 radical (unpaired) electrons. The minimum Gasteiger partial charge on any atom is -0.461 e. The summed E-state index contributed by atoms with van der Waals surface area (Å²) in [6.07, 6.45) is 5.51. The van der Waals surface area contributed by atoms with Gasteiger partial charge >= 0.3 is 18.0 Å². The van der Waals surface area contributed by atoms with Crippen molar-refractivity contribution in [1.29, 1.82) is 0 Å². The summed E-state index contributed by atoms with van der Waals surface area (Å²) in [5.41, 5.74) is 11.6. The predicted molar refractivity (Wildman–Crippen MR) is 185 cm³/mol. The first-order chi connectivity index (χ1) is 23.2. The molecule has 2 N–H and O–H groups in total. The second-order valence-corrected chi connectivity index (χ2v) is 14.9. The van der Waals surface area contributed by atoms with E-state index in [1.165, 1.54) is 0 Å². The van der Waals surface area contributed by atoms with E-state index < -0.39 is 5.97 Å². The van der Waals surface area contributed by atoms with Gasteiger partial charge in [-0.05, 0) is 79.3 Å². The molecule has 3 fully saturated rings. The Morgan fingerprint density at radius 1 is 1.15 bits per heavy atom. The SMILES string of the molecule is CC(C)[C@@H]1CC[C@@H](C)C[C@H]1OC(=O)Cn1c(-c2ccc(OC(=O)CCCC[C@@H]3SC[C@@H]4NC(=O)N[C@@H]43)c(N=[N+]=[N-])c2)nc2ccccc21. The Morgan fingerprint density at radius 2 is 1.98 bits per heavy atom. The number of fused-ring (bicyclic) bond motifs is 2. The lowest BCUT2D eigenvalue weighted by Gasteiger charge is -2.36. The monoisotopic (exact) mass is 673 g/mol. The van der Waals surface area contributed by atoms with Gasteiger partial charge in [-0.1, -0.05) is 50.9 Å². The van der Waals surface area contributed by atoms with E-state index >= 15 is 0 Å². The third kappa shape index (κ3) is 7.57. The van der Waals surface area contributed by atoms with Gasteiger partial charge in [-0.25, -0.2) is 9.78 Å². The lowest BCUT2D eigenvalue weighted by Crippen LogP contribution is -2.36. The highest BCUT2D eigenvalue weighted by atomic mass is 32.2. The fourth-order valence-electron chi connectivity index (χ4n) is 7.34. The molecule has 2 amide bonds. The van der Waals surface area contributed by atoms with Gasteiger partial charge < -0.3 is 24.7 Å². The lowest BCUT2D eigenvalue weighted by atomic mass is 9.75. The molecule has 3 aliphatic rings. The number of ether oxygens (including phenoxy) is 2. The molecule has 48 heavy (non-hydrogen) atoms. The maximum atomic E-state index is 13.5. The number of unbranched alkanes of at least 4 members (excludes halogenated alkanes) is 1. The second kappa shape index (κ2) is 14.9. The number of urea groups is 1. The molecule has 6 rings (SSSR count). The Morgan fingerprint density at radius 3 is 2.79 bits per heavy atom. The molecule has 0 spiro atoms. The number of nitrogens with one attached hydrogen (secondary N) is 2. The van der Waals surface area contributed by atoms with E-state index in [0.717, 1.165) is 43.4 Å². The largest absolute Gasteiger partial charge is 0.461 e. The number of hydrogen-bond donors (Lipinski definition) is 2. The molecular formula is C35H43N7O5S. The number of hydrogen-bond acceptors (Lipinski definition) is 8. The number of imidazole rings is 1. The summed E-state index contributed by atoms with van der Waals surface area (Å²) >= 11 is 1.85. The fourth-order valence-corrected chi connectivity index (χ4v) is 8.89. The normalized spacial score (nSPS) is 24.9. The number of rotatable bonds is 12. The third-order valence-corrected chi connectivity index (χ3v) is 11.3. The number of amides is 2. The number of carbonyl (C=O) groups is 3. The Kier molecular flexibility index (Phi) is 10.5. The van der Waals surface area contributed by atoms with Gasteiger partial charge in [-0.2, -0.15) is 11.8 Å². The maximum absolute atomic E-state index is 13.5. The topological polar surface area (TPSA) is 160 Å². The van der Waals surface area contributed by atoms with Crippen LogP contribution >= 0.6 is 11.8 Å². The number of carbonyl (C=O) groups excluding carboxylic acids is 3. The molecule has 3 heterocycles. The van der Waals surface area contributed by atoms with Crippen LogP contribution in [0.2, 0.25) is 0 Å². The lowest BCUT2D eigenvalue weighted by molar-refractivity contribution is -0.156. The highest BCUT2D eigenvalue weighted by Crippen LogP contribution is 2.37. The van der Waals surface area contributed by atoms with Crippen molar-refractivity contribution < 1.29 is 23.9 Å². The van der Waals surface area contributed by atoms with E-state index in [1.807, 2.05) is 40.6 Å². The Bertz CT molecular complexity index is 1720. The highest BCUT2D eigenvalue weighted by Gasteiger charge is 2.42. The van der Waals surface area contributed by atoms with Gasteiger partial charge in [-0.15, -0.1) is 0 Å².